The average molecular weight is 240 g/mol. The lowest BCUT2D eigenvalue weighted by molar-refractivity contribution is -0.131. The molecule has 16 heavy (non-hydrogen) atoms. The minimum atomic E-state index is -0.929. The summed E-state index contributed by atoms with van der Waals surface area (Å²) < 4.78 is 0. The maximum atomic E-state index is 10.4. The Kier molecular flexibility index (Phi) is 4.38. The van der Waals surface area contributed by atoms with Gasteiger partial charge in [-0.3, -0.25) is 0 Å². The lowest BCUT2D eigenvalue weighted by atomic mass is 10.2. The third-order valence-electron chi connectivity index (χ3n) is 2.20. The van der Waals surface area contributed by atoms with Crippen molar-refractivity contribution in [2.75, 3.05) is 11.9 Å². The second-order valence-electron chi connectivity index (χ2n) is 3.59. The molecule has 0 radical (unpaired) electrons. The first-order valence-electron chi connectivity index (χ1n) is 4.90. The molecular formula is C12H14ClNO2. The number of hydrogen-bond acceptors (Lipinski definition) is 2. The van der Waals surface area contributed by atoms with Crippen LogP contribution in [0.5, 0.6) is 0 Å². The number of carboxylic acids is 1. The zero-order chi connectivity index (χ0) is 12.1. The van der Waals surface area contributed by atoms with Crippen molar-refractivity contribution >= 4 is 23.3 Å². The number of benzene rings is 1. The van der Waals surface area contributed by atoms with Crippen LogP contribution in [-0.4, -0.2) is 17.6 Å². The first kappa shape index (κ1) is 12.6. The summed E-state index contributed by atoms with van der Waals surface area (Å²) in [5.41, 5.74) is 2.64. The number of carboxylic acid groups (broad SMARTS) is 1. The van der Waals surface area contributed by atoms with Gasteiger partial charge in [-0.25, -0.2) is 4.79 Å². The normalized spacial score (nSPS) is 11.3. The number of carbonyl (C=O) groups is 1. The fraction of sp³-hybridized carbons (Fsp3) is 0.250. The van der Waals surface area contributed by atoms with E-state index in [0.717, 1.165) is 16.8 Å². The summed E-state index contributed by atoms with van der Waals surface area (Å²) in [6.45, 7) is 4.18. The Labute approximate surface area is 99.7 Å². The van der Waals surface area contributed by atoms with Gasteiger partial charge in [-0.15, -0.1) is 0 Å². The maximum absolute atomic E-state index is 10.4. The van der Waals surface area contributed by atoms with E-state index >= 15 is 0 Å². The molecule has 0 saturated carbocycles. The standard InChI is InChI=1S/C12H14ClNO2/c1-8(6-12(15)16)7-14-11-5-3-4-10(13)9(11)2/h3-6,14H,7H2,1-2H3,(H,15,16)/b8-6-. The molecule has 4 heteroatoms. The third-order valence-corrected chi connectivity index (χ3v) is 2.60. The first-order valence-corrected chi connectivity index (χ1v) is 5.27. The monoisotopic (exact) mass is 239 g/mol. The average Bonchev–Trinajstić information content (AvgIpc) is 2.19. The van der Waals surface area contributed by atoms with Gasteiger partial charge in [0.2, 0.25) is 0 Å². The molecule has 1 aromatic carbocycles. The van der Waals surface area contributed by atoms with Crippen molar-refractivity contribution in [3.8, 4) is 0 Å². The number of rotatable bonds is 4. The van der Waals surface area contributed by atoms with Crippen molar-refractivity contribution < 1.29 is 9.90 Å². The van der Waals surface area contributed by atoms with E-state index in [1.165, 1.54) is 6.08 Å². The maximum Gasteiger partial charge on any atom is 0.328 e. The molecule has 0 amide bonds. The molecule has 0 heterocycles. The van der Waals surface area contributed by atoms with Crippen LogP contribution in [0.25, 0.3) is 0 Å². The van der Waals surface area contributed by atoms with Crippen LogP contribution in [-0.2, 0) is 4.79 Å². The summed E-state index contributed by atoms with van der Waals surface area (Å²) in [5.74, 6) is -0.929. The summed E-state index contributed by atoms with van der Waals surface area (Å²) >= 11 is 5.96. The Morgan fingerprint density at radius 2 is 2.25 bits per heavy atom. The molecule has 0 aliphatic heterocycles. The number of halogens is 1. The molecule has 0 atom stereocenters. The predicted octanol–water partition coefficient (Wildman–Crippen LogP) is 3.09. The molecule has 0 aliphatic carbocycles. The number of anilines is 1. The van der Waals surface area contributed by atoms with Gasteiger partial charge in [0.05, 0.1) is 0 Å². The molecule has 2 N–H and O–H groups in total. The van der Waals surface area contributed by atoms with Crippen molar-refractivity contribution in [2.45, 2.75) is 13.8 Å². The second-order valence-corrected chi connectivity index (χ2v) is 4.00. The molecule has 0 aromatic heterocycles. The lowest BCUT2D eigenvalue weighted by Gasteiger charge is -2.10. The zero-order valence-corrected chi connectivity index (χ0v) is 10.0. The zero-order valence-electron chi connectivity index (χ0n) is 9.25. The molecule has 86 valence electrons. The van der Waals surface area contributed by atoms with E-state index < -0.39 is 5.97 Å². The third kappa shape index (κ3) is 3.59. The van der Waals surface area contributed by atoms with Crippen molar-refractivity contribution in [3.63, 3.8) is 0 Å². The van der Waals surface area contributed by atoms with E-state index in [1.54, 1.807) is 6.92 Å². The van der Waals surface area contributed by atoms with Gasteiger partial charge >= 0.3 is 5.97 Å². The quantitative estimate of drug-likeness (QED) is 0.794. The highest BCUT2D eigenvalue weighted by Crippen LogP contribution is 2.22. The molecule has 0 bridgehead atoms. The van der Waals surface area contributed by atoms with Gasteiger partial charge in [-0.2, -0.15) is 0 Å². The summed E-state index contributed by atoms with van der Waals surface area (Å²) in [6, 6.07) is 5.59. The van der Waals surface area contributed by atoms with Crippen molar-refractivity contribution in [2.24, 2.45) is 0 Å². The van der Waals surface area contributed by atoms with E-state index in [1.807, 2.05) is 25.1 Å². The number of aliphatic carboxylic acids is 1. The highest BCUT2D eigenvalue weighted by molar-refractivity contribution is 6.31. The molecule has 0 unspecified atom stereocenters. The van der Waals surface area contributed by atoms with Crippen LogP contribution < -0.4 is 5.32 Å². The molecule has 3 nitrogen and oxygen atoms in total. The minimum absolute atomic E-state index is 0.494. The van der Waals surface area contributed by atoms with Gasteiger partial charge in [-0.05, 0) is 37.1 Å². The summed E-state index contributed by atoms with van der Waals surface area (Å²) in [4.78, 5) is 10.4. The van der Waals surface area contributed by atoms with E-state index in [0.29, 0.717) is 11.6 Å². The van der Waals surface area contributed by atoms with Gasteiger partial charge in [0.25, 0.3) is 0 Å². The van der Waals surface area contributed by atoms with Gasteiger partial charge in [0, 0.05) is 23.3 Å². The fourth-order valence-electron chi connectivity index (χ4n) is 1.30. The first-order chi connectivity index (χ1) is 7.50. The van der Waals surface area contributed by atoms with Crippen LogP contribution in [0.2, 0.25) is 5.02 Å². The SMILES string of the molecule is C/C(=C/C(=O)O)CNc1cccc(Cl)c1C. The highest BCUT2D eigenvalue weighted by atomic mass is 35.5. The van der Waals surface area contributed by atoms with Crippen LogP contribution in [0.1, 0.15) is 12.5 Å². The molecular weight excluding hydrogens is 226 g/mol. The van der Waals surface area contributed by atoms with E-state index in [2.05, 4.69) is 5.32 Å². The Balaban J connectivity index is 2.68. The number of hydrogen-bond donors (Lipinski definition) is 2. The predicted molar refractivity (Wildman–Crippen MR) is 66.1 cm³/mol. The van der Waals surface area contributed by atoms with E-state index in [4.69, 9.17) is 16.7 Å². The Bertz CT molecular complexity index is 427. The van der Waals surface area contributed by atoms with Gasteiger partial charge in [-0.1, -0.05) is 17.7 Å². The van der Waals surface area contributed by atoms with Crippen molar-refractivity contribution in [1.82, 2.24) is 0 Å². The largest absolute Gasteiger partial charge is 0.478 e. The Hall–Kier alpha value is -1.48. The van der Waals surface area contributed by atoms with Crippen molar-refractivity contribution in [1.29, 1.82) is 0 Å². The molecule has 0 saturated heterocycles. The Morgan fingerprint density at radius 3 is 2.88 bits per heavy atom. The van der Waals surface area contributed by atoms with Gasteiger partial charge in [0.1, 0.15) is 0 Å². The van der Waals surface area contributed by atoms with Gasteiger partial charge in [0.15, 0.2) is 0 Å². The highest BCUT2D eigenvalue weighted by Gasteiger charge is 2.01. The van der Waals surface area contributed by atoms with Crippen LogP contribution in [0.15, 0.2) is 29.8 Å². The lowest BCUT2D eigenvalue weighted by Crippen LogP contribution is -2.05. The van der Waals surface area contributed by atoms with Gasteiger partial charge < -0.3 is 10.4 Å². The summed E-state index contributed by atoms with van der Waals surface area (Å²) in [6.07, 6.45) is 1.19. The van der Waals surface area contributed by atoms with Crippen LogP contribution >= 0.6 is 11.6 Å². The van der Waals surface area contributed by atoms with Crippen LogP contribution in [0.3, 0.4) is 0 Å². The molecule has 1 aromatic rings. The van der Waals surface area contributed by atoms with Crippen LogP contribution in [0, 0.1) is 6.92 Å². The molecule has 0 spiro atoms. The molecule has 0 fully saturated rings. The van der Waals surface area contributed by atoms with E-state index in [-0.39, 0.29) is 0 Å². The minimum Gasteiger partial charge on any atom is -0.478 e. The van der Waals surface area contributed by atoms with E-state index in [9.17, 15) is 4.79 Å². The Morgan fingerprint density at radius 1 is 1.56 bits per heavy atom. The fourth-order valence-corrected chi connectivity index (χ4v) is 1.47. The molecule has 0 aliphatic rings. The van der Waals surface area contributed by atoms with Crippen molar-refractivity contribution in [3.05, 3.63) is 40.4 Å². The molecule has 1 rings (SSSR count). The van der Waals surface area contributed by atoms with Crippen LogP contribution in [0.4, 0.5) is 5.69 Å². The topological polar surface area (TPSA) is 49.3 Å². The summed E-state index contributed by atoms with van der Waals surface area (Å²) in [7, 11) is 0. The second kappa shape index (κ2) is 5.56. The summed E-state index contributed by atoms with van der Waals surface area (Å²) in [5, 5.41) is 12.4. The number of nitrogens with one attached hydrogen (secondary N) is 1. The smallest absolute Gasteiger partial charge is 0.328 e.